The quantitative estimate of drug-likeness (QED) is 0.0413. The predicted octanol–water partition coefficient (Wildman–Crippen LogP) is 11.0. The molecule has 1 amide bonds. The highest BCUT2D eigenvalue weighted by atomic mass is 16.6. The van der Waals surface area contributed by atoms with Crippen LogP contribution in [0.25, 0.3) is 33.4 Å². The van der Waals surface area contributed by atoms with Crippen LogP contribution in [-0.4, -0.2) is 110 Å². The Morgan fingerprint density at radius 3 is 1.45 bits per heavy atom. The van der Waals surface area contributed by atoms with E-state index in [2.05, 4.69) is 66.0 Å². The van der Waals surface area contributed by atoms with Crippen LogP contribution >= 0.6 is 0 Å². The molecule has 0 saturated carbocycles. The first kappa shape index (κ1) is 53.0. The largest absolute Gasteiger partial charge is 0.494 e. The number of methoxy groups -OCH3 is 2. The van der Waals surface area contributed by atoms with Crippen LogP contribution in [0.2, 0.25) is 0 Å². The van der Waals surface area contributed by atoms with Crippen molar-refractivity contribution < 1.29 is 52.2 Å². The third-order valence-corrected chi connectivity index (χ3v) is 11.3. The van der Waals surface area contributed by atoms with Crippen molar-refractivity contribution in [2.24, 2.45) is 0 Å². The molecular formula is C55H75NO11. The Hall–Kier alpha value is -4.98. The SMILES string of the molecule is COCCOCCCC1(CCCOCCOC)c2cc(-c3ccc(OCCCCNC(=O)OC(C)(C)C)cc3)ccc2-c2ccc(-c3ccc(OCCOCCC(=O)OC(C)(C)C)cc3)cc21. The van der Waals surface area contributed by atoms with Crippen LogP contribution < -0.4 is 14.8 Å². The molecule has 4 aromatic carbocycles. The second-order valence-corrected chi connectivity index (χ2v) is 18.9. The molecule has 12 nitrogen and oxygen atoms in total. The summed E-state index contributed by atoms with van der Waals surface area (Å²) in [6.45, 7) is 16.7. The molecule has 366 valence electrons. The Morgan fingerprint density at radius 1 is 0.493 bits per heavy atom. The summed E-state index contributed by atoms with van der Waals surface area (Å²) in [5.41, 5.74) is 8.32. The summed E-state index contributed by atoms with van der Waals surface area (Å²) in [6.07, 6.45) is 4.95. The summed E-state index contributed by atoms with van der Waals surface area (Å²) < 4.78 is 51.0. The molecule has 0 radical (unpaired) electrons. The number of alkyl carbamates (subject to hydrolysis) is 1. The Kier molecular flexibility index (Phi) is 21.0. The van der Waals surface area contributed by atoms with Gasteiger partial charge in [-0.2, -0.15) is 0 Å². The smallest absolute Gasteiger partial charge is 0.407 e. The van der Waals surface area contributed by atoms with E-state index in [4.69, 9.17) is 42.6 Å². The minimum atomic E-state index is -0.519. The summed E-state index contributed by atoms with van der Waals surface area (Å²) in [7, 11) is 3.39. The highest BCUT2D eigenvalue weighted by molar-refractivity contribution is 5.86. The maximum absolute atomic E-state index is 12.0. The summed E-state index contributed by atoms with van der Waals surface area (Å²) in [4.78, 5) is 23.9. The number of rotatable bonds is 29. The van der Waals surface area contributed by atoms with E-state index in [0.717, 1.165) is 72.3 Å². The van der Waals surface area contributed by atoms with Crippen molar-refractivity contribution in [1.82, 2.24) is 5.32 Å². The van der Waals surface area contributed by atoms with Gasteiger partial charge >= 0.3 is 12.1 Å². The molecular weight excluding hydrogens is 851 g/mol. The lowest BCUT2D eigenvalue weighted by atomic mass is 9.70. The van der Waals surface area contributed by atoms with E-state index in [-0.39, 0.29) is 24.4 Å². The molecule has 0 aliphatic heterocycles. The molecule has 4 aromatic rings. The fourth-order valence-corrected chi connectivity index (χ4v) is 8.24. The van der Waals surface area contributed by atoms with Gasteiger partial charge in [-0.25, -0.2) is 4.79 Å². The van der Waals surface area contributed by atoms with Crippen molar-refractivity contribution in [3.8, 4) is 44.9 Å². The normalized spacial score (nSPS) is 12.9. The molecule has 0 saturated heterocycles. The van der Waals surface area contributed by atoms with Gasteiger partial charge in [-0.05, 0) is 161 Å². The van der Waals surface area contributed by atoms with Crippen molar-refractivity contribution in [1.29, 1.82) is 0 Å². The molecule has 67 heavy (non-hydrogen) atoms. The Balaban J connectivity index is 1.32. The molecule has 1 aliphatic carbocycles. The van der Waals surface area contributed by atoms with Gasteiger partial charge in [-0.1, -0.05) is 48.5 Å². The molecule has 0 bridgehead atoms. The van der Waals surface area contributed by atoms with Gasteiger partial charge in [-0.3, -0.25) is 4.79 Å². The molecule has 0 spiro atoms. The number of unbranched alkanes of at least 4 members (excludes halogenated alkanes) is 1. The van der Waals surface area contributed by atoms with E-state index in [1.54, 1.807) is 14.2 Å². The fraction of sp³-hybridized carbons (Fsp3) is 0.527. The standard InChI is InChI=1S/C55H75NO11/c1-53(2,3)66-51(57)25-32-63-37-38-65-46-21-15-42(16-22-46)44-18-24-48-47-23-17-43(41-13-19-45(20-14-41)64-31-10-9-28-56-52(58)67-54(4,5)6)39-49(47)55(50(48)40-44,26-11-29-61-35-33-59-7)27-12-30-62-36-34-60-8/h13-24,39-40H,9-12,25-38H2,1-8H3,(H,56,58). The number of benzene rings is 4. The second-order valence-electron chi connectivity index (χ2n) is 18.9. The predicted molar refractivity (Wildman–Crippen MR) is 263 cm³/mol. The Bertz CT molecular complexity index is 1950. The summed E-state index contributed by atoms with van der Waals surface area (Å²) in [5, 5.41) is 2.81. The molecule has 0 atom stereocenters. The first-order chi connectivity index (χ1) is 32.2. The molecule has 0 fully saturated rings. The number of hydrogen-bond donors (Lipinski definition) is 1. The number of fused-ring (bicyclic) bond motifs is 3. The van der Waals surface area contributed by atoms with Crippen LogP contribution in [0.3, 0.4) is 0 Å². The first-order valence-corrected chi connectivity index (χ1v) is 23.9. The van der Waals surface area contributed by atoms with Gasteiger partial charge in [0.2, 0.25) is 0 Å². The molecule has 0 aromatic heterocycles. The molecule has 1 N–H and O–H groups in total. The van der Waals surface area contributed by atoms with Gasteiger partial charge < -0.3 is 47.9 Å². The van der Waals surface area contributed by atoms with E-state index in [1.807, 2.05) is 65.8 Å². The van der Waals surface area contributed by atoms with E-state index >= 15 is 0 Å². The van der Waals surface area contributed by atoms with E-state index in [0.29, 0.717) is 66.0 Å². The van der Waals surface area contributed by atoms with Crippen LogP contribution in [-0.2, 0) is 43.4 Å². The lowest BCUT2D eigenvalue weighted by Crippen LogP contribution is -2.33. The summed E-state index contributed by atoms with van der Waals surface area (Å²) >= 11 is 0. The zero-order valence-electron chi connectivity index (χ0n) is 41.3. The first-order valence-electron chi connectivity index (χ1n) is 23.9. The van der Waals surface area contributed by atoms with Gasteiger partial charge in [-0.15, -0.1) is 0 Å². The zero-order chi connectivity index (χ0) is 48.1. The maximum atomic E-state index is 12.0. The monoisotopic (exact) mass is 926 g/mol. The van der Waals surface area contributed by atoms with Crippen LogP contribution in [0.4, 0.5) is 4.79 Å². The van der Waals surface area contributed by atoms with E-state index < -0.39 is 17.3 Å². The summed E-state index contributed by atoms with van der Waals surface area (Å²) in [5.74, 6) is 1.29. The lowest BCUT2D eigenvalue weighted by Gasteiger charge is -2.33. The summed E-state index contributed by atoms with van der Waals surface area (Å²) in [6, 6.07) is 30.3. The fourth-order valence-electron chi connectivity index (χ4n) is 8.24. The van der Waals surface area contributed by atoms with Crippen molar-refractivity contribution >= 4 is 12.1 Å². The minimum Gasteiger partial charge on any atom is -0.494 e. The number of hydrogen-bond acceptors (Lipinski definition) is 11. The molecule has 1 aliphatic rings. The van der Waals surface area contributed by atoms with Gasteiger partial charge in [0.25, 0.3) is 0 Å². The van der Waals surface area contributed by atoms with E-state index in [9.17, 15) is 9.59 Å². The van der Waals surface area contributed by atoms with E-state index in [1.165, 1.54) is 22.3 Å². The van der Waals surface area contributed by atoms with Crippen LogP contribution in [0.5, 0.6) is 11.5 Å². The van der Waals surface area contributed by atoms with Crippen LogP contribution in [0.15, 0.2) is 84.9 Å². The highest BCUT2D eigenvalue weighted by Crippen LogP contribution is 2.55. The Labute approximate surface area is 399 Å². The van der Waals surface area contributed by atoms with Crippen molar-refractivity contribution in [3.63, 3.8) is 0 Å². The van der Waals surface area contributed by atoms with Gasteiger partial charge in [0, 0.05) is 39.4 Å². The van der Waals surface area contributed by atoms with Gasteiger partial charge in [0.15, 0.2) is 0 Å². The number of carbonyl (C=O) groups excluding carboxylic acids is 2. The Morgan fingerprint density at radius 2 is 0.955 bits per heavy atom. The zero-order valence-corrected chi connectivity index (χ0v) is 41.3. The van der Waals surface area contributed by atoms with Gasteiger partial charge in [0.1, 0.15) is 29.3 Å². The van der Waals surface area contributed by atoms with Gasteiger partial charge in [0.05, 0.1) is 52.7 Å². The van der Waals surface area contributed by atoms with Crippen LogP contribution in [0.1, 0.15) is 97.6 Å². The van der Waals surface area contributed by atoms with Crippen molar-refractivity contribution in [2.45, 2.75) is 103 Å². The highest BCUT2D eigenvalue weighted by Gasteiger charge is 2.43. The number of carbonyl (C=O) groups is 2. The average molecular weight is 926 g/mol. The molecule has 5 rings (SSSR count). The molecule has 12 heteroatoms. The number of ether oxygens (including phenoxy) is 9. The maximum Gasteiger partial charge on any atom is 0.407 e. The molecule has 0 heterocycles. The minimum absolute atomic E-state index is 0.205. The van der Waals surface area contributed by atoms with Crippen molar-refractivity contribution in [3.05, 3.63) is 96.1 Å². The third kappa shape index (κ3) is 17.2. The molecule has 0 unspecified atom stereocenters. The average Bonchev–Trinajstić information content (AvgIpc) is 3.55. The number of amides is 1. The van der Waals surface area contributed by atoms with Crippen LogP contribution in [0, 0.1) is 0 Å². The topological polar surface area (TPSA) is 129 Å². The second kappa shape index (κ2) is 26.5. The van der Waals surface area contributed by atoms with Crippen molar-refractivity contribution in [2.75, 3.05) is 86.8 Å². The number of nitrogens with one attached hydrogen (secondary N) is 1. The number of esters is 1. The third-order valence-electron chi connectivity index (χ3n) is 11.3. The lowest BCUT2D eigenvalue weighted by molar-refractivity contribution is -0.156.